The van der Waals surface area contributed by atoms with Gasteiger partial charge in [0.2, 0.25) is 5.91 Å². The number of carbonyl (C=O) groups excluding carboxylic acids is 1. The predicted molar refractivity (Wildman–Crippen MR) is 98.8 cm³/mol. The van der Waals surface area contributed by atoms with Crippen LogP contribution in [0, 0.1) is 12.7 Å². The standard InChI is InChI=1S/C17H25FN4O2S/c1-11-4-5-14(8-15(11)18)19-17(25)21-20-16(23)6-7-22-9-12(2)24-13(3)10-22/h4-5,8,12-13H,6-7,9-10H2,1-3H3,(H,20,23)(H2,19,21,25)/p+1/t12-,13+. The van der Waals surface area contributed by atoms with Crippen molar-refractivity contribution in [1.82, 2.24) is 10.9 Å². The van der Waals surface area contributed by atoms with Gasteiger partial charge in [0.1, 0.15) is 31.1 Å². The minimum Gasteiger partial charge on any atom is -0.364 e. The van der Waals surface area contributed by atoms with Gasteiger partial charge >= 0.3 is 0 Å². The zero-order chi connectivity index (χ0) is 18.4. The van der Waals surface area contributed by atoms with Crippen LogP contribution in [-0.4, -0.2) is 42.9 Å². The van der Waals surface area contributed by atoms with E-state index in [4.69, 9.17) is 17.0 Å². The molecule has 1 amide bonds. The molecule has 1 aliphatic rings. The Hall–Kier alpha value is -1.77. The van der Waals surface area contributed by atoms with Gasteiger partial charge < -0.3 is 15.0 Å². The van der Waals surface area contributed by atoms with E-state index in [1.54, 1.807) is 19.1 Å². The van der Waals surface area contributed by atoms with Gasteiger partial charge in [-0.3, -0.25) is 15.6 Å². The SMILES string of the molecule is Cc1ccc(NC(=S)NNC(=O)CC[NH+]2C[C@@H](C)O[C@@H](C)C2)cc1F. The number of rotatable bonds is 4. The summed E-state index contributed by atoms with van der Waals surface area (Å²) in [5, 5.41) is 3.03. The number of hydrogen-bond donors (Lipinski definition) is 4. The van der Waals surface area contributed by atoms with Gasteiger partial charge in [-0.1, -0.05) is 6.07 Å². The maximum absolute atomic E-state index is 13.5. The number of anilines is 1. The second kappa shape index (κ2) is 9.07. The number of benzene rings is 1. The molecule has 0 aliphatic carbocycles. The minimum atomic E-state index is -0.311. The third-order valence-corrected chi connectivity index (χ3v) is 4.27. The fourth-order valence-electron chi connectivity index (χ4n) is 2.91. The molecule has 6 nitrogen and oxygen atoms in total. The highest BCUT2D eigenvalue weighted by atomic mass is 32.1. The lowest BCUT2D eigenvalue weighted by atomic mass is 10.2. The van der Waals surface area contributed by atoms with Crippen molar-refractivity contribution in [2.75, 3.05) is 25.0 Å². The maximum Gasteiger partial charge on any atom is 0.244 e. The number of carbonyl (C=O) groups is 1. The summed E-state index contributed by atoms with van der Waals surface area (Å²) >= 11 is 5.09. The van der Waals surface area contributed by atoms with Crippen LogP contribution >= 0.6 is 12.2 Å². The molecule has 0 spiro atoms. The van der Waals surface area contributed by atoms with Crippen LogP contribution in [-0.2, 0) is 9.53 Å². The average molecular weight is 369 g/mol. The highest BCUT2D eigenvalue weighted by Gasteiger charge is 2.25. The van der Waals surface area contributed by atoms with Crippen LogP contribution in [0.4, 0.5) is 10.1 Å². The molecule has 1 fully saturated rings. The summed E-state index contributed by atoms with van der Waals surface area (Å²) in [5.41, 5.74) is 6.28. The van der Waals surface area contributed by atoms with Crippen molar-refractivity contribution in [3.05, 3.63) is 29.6 Å². The summed E-state index contributed by atoms with van der Waals surface area (Å²) < 4.78 is 19.2. The molecule has 2 rings (SSSR count). The third kappa shape index (κ3) is 6.56. The highest BCUT2D eigenvalue weighted by Crippen LogP contribution is 2.13. The van der Waals surface area contributed by atoms with Gasteiger partial charge in [0.25, 0.3) is 0 Å². The molecule has 1 unspecified atom stereocenters. The Morgan fingerprint density at radius 2 is 2.00 bits per heavy atom. The van der Waals surface area contributed by atoms with Crippen molar-refractivity contribution in [2.24, 2.45) is 0 Å². The third-order valence-electron chi connectivity index (χ3n) is 4.07. The molecule has 1 saturated heterocycles. The molecule has 0 saturated carbocycles. The lowest BCUT2D eigenvalue weighted by Crippen LogP contribution is -3.15. The Labute approximate surface area is 153 Å². The van der Waals surface area contributed by atoms with E-state index in [1.807, 2.05) is 0 Å². The van der Waals surface area contributed by atoms with E-state index in [0.29, 0.717) is 17.7 Å². The summed E-state index contributed by atoms with van der Waals surface area (Å²) in [4.78, 5) is 13.3. The lowest BCUT2D eigenvalue weighted by Gasteiger charge is -2.32. The van der Waals surface area contributed by atoms with Crippen LogP contribution < -0.4 is 21.1 Å². The number of aryl methyl sites for hydroxylation is 1. The van der Waals surface area contributed by atoms with Gasteiger partial charge in [-0.25, -0.2) is 4.39 Å². The fraction of sp³-hybridized carbons (Fsp3) is 0.529. The number of quaternary nitrogens is 1. The van der Waals surface area contributed by atoms with E-state index < -0.39 is 0 Å². The molecule has 3 atom stereocenters. The van der Waals surface area contributed by atoms with Crippen molar-refractivity contribution >= 4 is 28.9 Å². The van der Waals surface area contributed by atoms with Gasteiger partial charge in [0.05, 0.1) is 13.0 Å². The lowest BCUT2D eigenvalue weighted by molar-refractivity contribution is -0.914. The molecule has 4 N–H and O–H groups in total. The number of halogens is 1. The molecular formula is C17H26FN4O2S+. The summed E-state index contributed by atoms with van der Waals surface area (Å²) in [6.45, 7) is 8.35. The van der Waals surface area contributed by atoms with Crippen molar-refractivity contribution in [2.45, 2.75) is 39.4 Å². The molecule has 0 aromatic heterocycles. The van der Waals surface area contributed by atoms with Gasteiger partial charge in [-0.05, 0) is 50.7 Å². The van der Waals surface area contributed by atoms with E-state index in [-0.39, 0.29) is 29.0 Å². The van der Waals surface area contributed by atoms with Gasteiger partial charge in [0, 0.05) is 5.69 Å². The minimum absolute atomic E-state index is 0.140. The highest BCUT2D eigenvalue weighted by molar-refractivity contribution is 7.80. The summed E-state index contributed by atoms with van der Waals surface area (Å²) in [7, 11) is 0. The summed E-state index contributed by atoms with van der Waals surface area (Å²) in [6, 6.07) is 4.74. The first-order valence-corrected chi connectivity index (χ1v) is 8.85. The number of morpholine rings is 1. The van der Waals surface area contributed by atoms with Crippen molar-refractivity contribution in [3.63, 3.8) is 0 Å². The zero-order valence-corrected chi connectivity index (χ0v) is 15.6. The van der Waals surface area contributed by atoms with Crippen LogP contribution in [0.15, 0.2) is 18.2 Å². The Bertz CT molecular complexity index is 619. The van der Waals surface area contributed by atoms with Gasteiger partial charge in [0.15, 0.2) is 5.11 Å². The molecule has 25 heavy (non-hydrogen) atoms. The normalized spacial score (nSPS) is 23.0. The fourth-order valence-corrected chi connectivity index (χ4v) is 3.07. The summed E-state index contributed by atoms with van der Waals surface area (Å²) in [5.74, 6) is -0.452. The molecule has 1 aromatic carbocycles. The van der Waals surface area contributed by atoms with Crippen LogP contribution in [0.1, 0.15) is 25.8 Å². The predicted octanol–water partition coefficient (Wildman–Crippen LogP) is 0.534. The average Bonchev–Trinajstić information content (AvgIpc) is 2.53. The molecule has 0 bridgehead atoms. The number of ether oxygens (including phenoxy) is 1. The molecule has 1 aromatic rings. The second-order valence-corrected chi connectivity index (χ2v) is 6.92. The monoisotopic (exact) mass is 369 g/mol. The van der Waals surface area contributed by atoms with Crippen LogP contribution in [0.25, 0.3) is 0 Å². The molecule has 1 aliphatic heterocycles. The van der Waals surface area contributed by atoms with Crippen LogP contribution in [0.5, 0.6) is 0 Å². The maximum atomic E-state index is 13.5. The van der Waals surface area contributed by atoms with Gasteiger partial charge in [-0.15, -0.1) is 0 Å². The number of hydrazine groups is 1. The van der Waals surface area contributed by atoms with Crippen molar-refractivity contribution in [3.8, 4) is 0 Å². The smallest absolute Gasteiger partial charge is 0.244 e. The Morgan fingerprint density at radius 3 is 2.64 bits per heavy atom. The Morgan fingerprint density at radius 1 is 1.32 bits per heavy atom. The molecule has 0 radical (unpaired) electrons. The Kier molecular flexibility index (Phi) is 7.10. The summed E-state index contributed by atoms with van der Waals surface area (Å²) in [6.07, 6.45) is 0.821. The number of thiocarbonyl (C=S) groups is 1. The van der Waals surface area contributed by atoms with Gasteiger partial charge in [-0.2, -0.15) is 0 Å². The van der Waals surface area contributed by atoms with E-state index in [0.717, 1.165) is 19.6 Å². The number of nitrogens with one attached hydrogen (secondary N) is 4. The molecule has 8 heteroatoms. The first kappa shape index (κ1) is 19.6. The van der Waals surface area contributed by atoms with Crippen LogP contribution in [0.3, 0.4) is 0 Å². The second-order valence-electron chi connectivity index (χ2n) is 6.51. The molecule has 1 heterocycles. The van der Waals surface area contributed by atoms with E-state index >= 15 is 0 Å². The quantitative estimate of drug-likeness (QED) is 0.461. The number of hydrogen-bond acceptors (Lipinski definition) is 3. The van der Waals surface area contributed by atoms with E-state index in [2.05, 4.69) is 30.0 Å². The topological polar surface area (TPSA) is 66.8 Å². The zero-order valence-electron chi connectivity index (χ0n) is 14.8. The van der Waals surface area contributed by atoms with E-state index in [1.165, 1.54) is 11.0 Å². The first-order chi connectivity index (χ1) is 11.8. The Balaban J connectivity index is 1.68. The largest absolute Gasteiger partial charge is 0.364 e. The van der Waals surface area contributed by atoms with Crippen molar-refractivity contribution in [1.29, 1.82) is 0 Å². The van der Waals surface area contributed by atoms with Crippen LogP contribution in [0.2, 0.25) is 0 Å². The number of amides is 1. The van der Waals surface area contributed by atoms with Crippen molar-refractivity contribution < 1.29 is 18.8 Å². The molecular weight excluding hydrogens is 343 g/mol. The first-order valence-electron chi connectivity index (χ1n) is 8.44. The van der Waals surface area contributed by atoms with E-state index in [9.17, 15) is 9.18 Å². The molecule has 138 valence electrons.